The lowest BCUT2D eigenvalue weighted by Crippen LogP contribution is -2.48. The summed E-state index contributed by atoms with van der Waals surface area (Å²) in [5.74, 6) is 0. The molecule has 1 saturated heterocycles. The predicted molar refractivity (Wildman–Crippen MR) is 84.9 cm³/mol. The van der Waals surface area contributed by atoms with Gasteiger partial charge in [0.2, 0.25) is 0 Å². The second kappa shape index (κ2) is 5.95. The first-order valence-electron chi connectivity index (χ1n) is 8.26. The molecule has 2 saturated carbocycles. The molecule has 0 bridgehead atoms. The Morgan fingerprint density at radius 2 is 1.74 bits per heavy atom. The van der Waals surface area contributed by atoms with Crippen LogP contribution in [0.4, 0.5) is 0 Å². The normalized spacial score (nSPS) is 35.7. The molecule has 3 rings (SSSR count). The van der Waals surface area contributed by atoms with Gasteiger partial charge in [0, 0.05) is 42.7 Å². The van der Waals surface area contributed by atoms with Gasteiger partial charge in [-0.2, -0.15) is 11.8 Å². The molecule has 1 heterocycles. The van der Waals surface area contributed by atoms with Gasteiger partial charge < -0.3 is 10.2 Å². The molecular weight excluding hydrogens is 252 g/mol. The topological polar surface area (TPSA) is 15.3 Å². The summed E-state index contributed by atoms with van der Waals surface area (Å²) in [5.41, 5.74) is 0.601. The molecular formula is C16H30N2S. The van der Waals surface area contributed by atoms with Gasteiger partial charge in [-0.05, 0) is 31.1 Å². The summed E-state index contributed by atoms with van der Waals surface area (Å²) < 4.78 is 0. The Labute approximate surface area is 123 Å². The van der Waals surface area contributed by atoms with E-state index in [1.807, 2.05) is 0 Å². The zero-order chi connectivity index (χ0) is 13.3. The van der Waals surface area contributed by atoms with Crippen LogP contribution < -0.4 is 5.32 Å². The molecule has 2 atom stereocenters. The Bertz CT molecular complexity index is 287. The van der Waals surface area contributed by atoms with E-state index in [0.29, 0.717) is 5.41 Å². The fourth-order valence-corrected chi connectivity index (χ4v) is 5.44. The van der Waals surface area contributed by atoms with Crippen molar-refractivity contribution in [1.82, 2.24) is 10.2 Å². The Morgan fingerprint density at radius 3 is 2.32 bits per heavy atom. The molecule has 3 aliphatic rings. The number of nitrogens with one attached hydrogen (secondary N) is 1. The summed E-state index contributed by atoms with van der Waals surface area (Å²) in [5, 5.41) is 5.46. The first kappa shape index (κ1) is 14.2. The van der Waals surface area contributed by atoms with Gasteiger partial charge in [0.05, 0.1) is 0 Å². The van der Waals surface area contributed by atoms with Crippen molar-refractivity contribution in [2.75, 3.05) is 26.2 Å². The average molecular weight is 282 g/mol. The Balaban J connectivity index is 1.56. The zero-order valence-electron chi connectivity index (χ0n) is 12.7. The molecule has 0 aromatic rings. The van der Waals surface area contributed by atoms with Crippen LogP contribution in [-0.4, -0.2) is 47.6 Å². The van der Waals surface area contributed by atoms with Crippen molar-refractivity contribution in [3.8, 4) is 0 Å². The Morgan fingerprint density at radius 1 is 1.11 bits per heavy atom. The highest BCUT2D eigenvalue weighted by Crippen LogP contribution is 2.40. The first-order chi connectivity index (χ1) is 9.15. The molecule has 2 nitrogen and oxygen atoms in total. The lowest BCUT2D eigenvalue weighted by Gasteiger charge is -2.41. The van der Waals surface area contributed by atoms with E-state index in [-0.39, 0.29) is 0 Å². The van der Waals surface area contributed by atoms with Crippen LogP contribution in [0.5, 0.6) is 0 Å². The lowest BCUT2D eigenvalue weighted by molar-refractivity contribution is 0.146. The lowest BCUT2D eigenvalue weighted by atomic mass is 9.85. The maximum Gasteiger partial charge on any atom is 0.0149 e. The first-order valence-corrected chi connectivity index (χ1v) is 9.21. The van der Waals surface area contributed by atoms with E-state index in [1.54, 1.807) is 0 Å². The van der Waals surface area contributed by atoms with Gasteiger partial charge in [0.15, 0.2) is 0 Å². The molecule has 0 aromatic heterocycles. The van der Waals surface area contributed by atoms with Crippen molar-refractivity contribution in [3.05, 3.63) is 0 Å². The van der Waals surface area contributed by atoms with Gasteiger partial charge in [-0.25, -0.2) is 0 Å². The highest BCUT2D eigenvalue weighted by molar-refractivity contribution is 8.00. The van der Waals surface area contributed by atoms with Gasteiger partial charge >= 0.3 is 0 Å². The van der Waals surface area contributed by atoms with Crippen molar-refractivity contribution in [1.29, 1.82) is 0 Å². The number of thioether (sulfide) groups is 1. The molecule has 0 aromatic carbocycles. The van der Waals surface area contributed by atoms with E-state index in [9.17, 15) is 0 Å². The number of hydrogen-bond acceptors (Lipinski definition) is 3. The van der Waals surface area contributed by atoms with Crippen LogP contribution in [0.3, 0.4) is 0 Å². The third-order valence-electron chi connectivity index (χ3n) is 5.06. The van der Waals surface area contributed by atoms with Crippen molar-refractivity contribution < 1.29 is 0 Å². The molecule has 19 heavy (non-hydrogen) atoms. The van der Waals surface area contributed by atoms with Gasteiger partial charge in [-0.15, -0.1) is 0 Å². The SMILES string of the molecule is CC1CN(CC2(CNC3CC3)CCCC2)CC(C)S1. The summed E-state index contributed by atoms with van der Waals surface area (Å²) in [6.45, 7) is 10.0. The molecule has 0 radical (unpaired) electrons. The molecule has 2 aliphatic carbocycles. The predicted octanol–water partition coefficient (Wildman–Crippen LogP) is 3.12. The van der Waals surface area contributed by atoms with Gasteiger partial charge in [-0.1, -0.05) is 26.7 Å². The molecule has 3 fully saturated rings. The van der Waals surface area contributed by atoms with Crippen LogP contribution in [0.15, 0.2) is 0 Å². The van der Waals surface area contributed by atoms with Crippen LogP contribution in [0.25, 0.3) is 0 Å². The van der Waals surface area contributed by atoms with E-state index in [1.165, 1.54) is 64.7 Å². The van der Waals surface area contributed by atoms with Gasteiger partial charge in [0.1, 0.15) is 0 Å². The van der Waals surface area contributed by atoms with Crippen molar-refractivity contribution in [2.24, 2.45) is 5.41 Å². The van der Waals surface area contributed by atoms with Crippen LogP contribution in [0.2, 0.25) is 0 Å². The second-order valence-electron chi connectivity index (χ2n) is 7.31. The van der Waals surface area contributed by atoms with Gasteiger partial charge in [0.25, 0.3) is 0 Å². The number of hydrogen-bond donors (Lipinski definition) is 1. The van der Waals surface area contributed by atoms with E-state index < -0.39 is 0 Å². The molecule has 1 aliphatic heterocycles. The van der Waals surface area contributed by atoms with Crippen molar-refractivity contribution in [3.63, 3.8) is 0 Å². The summed E-state index contributed by atoms with van der Waals surface area (Å²) in [7, 11) is 0. The molecule has 1 N–H and O–H groups in total. The Hall–Kier alpha value is 0.270. The zero-order valence-corrected chi connectivity index (χ0v) is 13.5. The third kappa shape index (κ3) is 3.89. The third-order valence-corrected chi connectivity index (χ3v) is 6.29. The summed E-state index contributed by atoms with van der Waals surface area (Å²) >= 11 is 2.17. The number of rotatable bonds is 5. The minimum atomic E-state index is 0.601. The molecule has 3 heteroatoms. The summed E-state index contributed by atoms with van der Waals surface area (Å²) in [6.07, 6.45) is 8.67. The molecule has 110 valence electrons. The fraction of sp³-hybridized carbons (Fsp3) is 1.00. The van der Waals surface area contributed by atoms with Gasteiger partial charge in [-0.3, -0.25) is 0 Å². The maximum absolute atomic E-state index is 3.82. The minimum Gasteiger partial charge on any atom is -0.313 e. The minimum absolute atomic E-state index is 0.601. The van der Waals surface area contributed by atoms with Crippen LogP contribution in [-0.2, 0) is 0 Å². The van der Waals surface area contributed by atoms with Crippen LogP contribution >= 0.6 is 11.8 Å². The van der Waals surface area contributed by atoms with Crippen molar-refractivity contribution >= 4 is 11.8 Å². The monoisotopic (exact) mass is 282 g/mol. The fourth-order valence-electron chi connectivity index (χ4n) is 4.05. The molecule has 0 spiro atoms. The Kier molecular flexibility index (Phi) is 4.45. The molecule has 2 unspecified atom stereocenters. The quantitative estimate of drug-likeness (QED) is 0.834. The highest BCUT2D eigenvalue weighted by Gasteiger charge is 2.38. The number of nitrogens with zero attached hydrogens (tertiary/aromatic N) is 1. The van der Waals surface area contributed by atoms with E-state index in [4.69, 9.17) is 0 Å². The highest BCUT2D eigenvalue weighted by atomic mass is 32.2. The van der Waals surface area contributed by atoms with E-state index in [2.05, 4.69) is 35.8 Å². The maximum atomic E-state index is 3.82. The standard InChI is InChI=1S/C16H30N2S/c1-13-9-18(10-14(2)19-13)12-16(7-3-4-8-16)11-17-15-5-6-15/h13-15,17H,3-12H2,1-2H3. The van der Waals surface area contributed by atoms with Crippen LogP contribution in [0.1, 0.15) is 52.4 Å². The largest absolute Gasteiger partial charge is 0.313 e. The van der Waals surface area contributed by atoms with Crippen molar-refractivity contribution in [2.45, 2.75) is 68.9 Å². The smallest absolute Gasteiger partial charge is 0.0149 e. The van der Waals surface area contributed by atoms with E-state index in [0.717, 1.165) is 16.5 Å². The summed E-state index contributed by atoms with van der Waals surface area (Å²) in [6, 6.07) is 0.868. The van der Waals surface area contributed by atoms with E-state index >= 15 is 0 Å². The average Bonchev–Trinajstić information content (AvgIpc) is 3.06. The molecule has 0 amide bonds. The van der Waals surface area contributed by atoms with Crippen LogP contribution in [0, 0.1) is 5.41 Å². The second-order valence-corrected chi connectivity index (χ2v) is 9.20. The summed E-state index contributed by atoms with van der Waals surface area (Å²) in [4.78, 5) is 2.77.